The van der Waals surface area contributed by atoms with E-state index in [4.69, 9.17) is 11.0 Å². The van der Waals surface area contributed by atoms with Crippen molar-refractivity contribution in [3.63, 3.8) is 0 Å². The van der Waals surface area contributed by atoms with Crippen molar-refractivity contribution in [3.05, 3.63) is 21.5 Å². The highest BCUT2D eigenvalue weighted by molar-refractivity contribution is 14.1. The van der Waals surface area contributed by atoms with Crippen molar-refractivity contribution >= 4 is 34.0 Å². The van der Waals surface area contributed by atoms with E-state index < -0.39 is 0 Å². The first-order chi connectivity index (χ1) is 8.45. The number of hydrogen-bond acceptors (Lipinski definition) is 3. The number of anilines is 2. The average molecular weight is 361 g/mol. The zero-order valence-corrected chi connectivity index (χ0v) is 12.7. The van der Waals surface area contributed by atoms with Crippen LogP contribution in [0.25, 0.3) is 0 Å². The van der Waals surface area contributed by atoms with Crippen LogP contribution in [0.3, 0.4) is 0 Å². The number of hydrogen-bond donors (Lipinski definition) is 1. The second-order valence-electron chi connectivity index (χ2n) is 4.57. The molecule has 0 heterocycles. The first kappa shape index (κ1) is 15.0. The molecule has 2 N–H and O–H groups in total. The maximum absolute atomic E-state index is 13.6. The van der Waals surface area contributed by atoms with Gasteiger partial charge in [-0.3, -0.25) is 0 Å². The van der Waals surface area contributed by atoms with Crippen LogP contribution >= 0.6 is 22.6 Å². The molecule has 0 amide bonds. The second kappa shape index (κ2) is 6.78. The second-order valence-corrected chi connectivity index (χ2v) is 5.74. The summed E-state index contributed by atoms with van der Waals surface area (Å²) >= 11 is 1.92. The molecular weight excluding hydrogens is 344 g/mol. The zero-order chi connectivity index (χ0) is 13.7. The maximum Gasteiger partial charge on any atom is 0.138 e. The van der Waals surface area contributed by atoms with Gasteiger partial charge < -0.3 is 10.6 Å². The van der Waals surface area contributed by atoms with Crippen molar-refractivity contribution in [2.45, 2.75) is 20.3 Å². The highest BCUT2D eigenvalue weighted by atomic mass is 127. The minimum absolute atomic E-state index is 0.273. The predicted octanol–water partition coefficient (Wildman–Crippen LogP) is 3.39. The standard InChI is InChI=1S/C13H17FIN3/c1-9(2)8-18(5-3-4-16)13-6-10(14)11(15)7-12(13)17/h6-7,9H,3,5,8,17H2,1-2H3. The molecule has 0 fully saturated rings. The van der Waals surface area contributed by atoms with Crippen LogP contribution in [0.5, 0.6) is 0 Å². The van der Waals surface area contributed by atoms with E-state index in [1.807, 2.05) is 27.5 Å². The van der Waals surface area contributed by atoms with Gasteiger partial charge in [0.05, 0.1) is 27.4 Å². The lowest BCUT2D eigenvalue weighted by atomic mass is 10.1. The monoisotopic (exact) mass is 361 g/mol. The predicted molar refractivity (Wildman–Crippen MR) is 80.8 cm³/mol. The zero-order valence-electron chi connectivity index (χ0n) is 10.6. The fourth-order valence-electron chi connectivity index (χ4n) is 1.76. The number of nitriles is 1. The van der Waals surface area contributed by atoms with E-state index in [1.165, 1.54) is 6.07 Å². The Bertz CT molecular complexity index is 454. The largest absolute Gasteiger partial charge is 0.397 e. The number of benzene rings is 1. The third-order valence-electron chi connectivity index (χ3n) is 2.49. The molecule has 0 bridgehead atoms. The van der Waals surface area contributed by atoms with E-state index in [-0.39, 0.29) is 5.82 Å². The molecule has 0 spiro atoms. The molecule has 18 heavy (non-hydrogen) atoms. The fourth-order valence-corrected chi connectivity index (χ4v) is 2.25. The molecule has 0 aliphatic rings. The normalized spacial score (nSPS) is 10.4. The first-order valence-electron chi connectivity index (χ1n) is 5.82. The van der Waals surface area contributed by atoms with Crippen molar-refractivity contribution < 1.29 is 4.39 Å². The van der Waals surface area contributed by atoms with E-state index in [0.29, 0.717) is 33.8 Å². The molecule has 0 aliphatic carbocycles. The summed E-state index contributed by atoms with van der Waals surface area (Å²) in [7, 11) is 0. The Kier molecular flexibility index (Phi) is 5.66. The molecule has 1 aromatic carbocycles. The summed E-state index contributed by atoms with van der Waals surface area (Å²) < 4.78 is 14.1. The quantitative estimate of drug-likeness (QED) is 0.646. The molecule has 98 valence electrons. The van der Waals surface area contributed by atoms with Gasteiger partial charge in [0.15, 0.2) is 0 Å². The Morgan fingerprint density at radius 1 is 1.50 bits per heavy atom. The van der Waals surface area contributed by atoms with Crippen LogP contribution in [0.2, 0.25) is 0 Å². The molecule has 0 saturated heterocycles. The summed E-state index contributed by atoms with van der Waals surface area (Å²) in [5, 5.41) is 8.68. The Labute approximate surface area is 121 Å². The van der Waals surface area contributed by atoms with Gasteiger partial charge in [-0.2, -0.15) is 5.26 Å². The molecule has 3 nitrogen and oxygen atoms in total. The van der Waals surface area contributed by atoms with E-state index in [1.54, 1.807) is 6.07 Å². The molecule has 0 saturated carbocycles. The number of halogens is 2. The van der Waals surface area contributed by atoms with Crippen molar-refractivity contribution in [3.8, 4) is 6.07 Å². The summed E-state index contributed by atoms with van der Waals surface area (Å²) in [6.45, 7) is 5.49. The lowest BCUT2D eigenvalue weighted by molar-refractivity contribution is 0.602. The van der Waals surface area contributed by atoms with E-state index in [0.717, 1.165) is 6.54 Å². The molecule has 0 aromatic heterocycles. The third-order valence-corrected chi connectivity index (χ3v) is 3.32. The van der Waals surface area contributed by atoms with Gasteiger partial charge in [-0.15, -0.1) is 0 Å². The number of nitrogens with zero attached hydrogens (tertiary/aromatic N) is 2. The van der Waals surface area contributed by atoms with Gasteiger partial charge in [0.2, 0.25) is 0 Å². The fraction of sp³-hybridized carbons (Fsp3) is 0.462. The molecule has 0 aliphatic heterocycles. The van der Waals surface area contributed by atoms with Crippen LogP contribution in [0.15, 0.2) is 12.1 Å². The van der Waals surface area contributed by atoms with Crippen LogP contribution < -0.4 is 10.6 Å². The summed E-state index contributed by atoms with van der Waals surface area (Å²) in [5.74, 6) is 0.149. The molecular formula is C13H17FIN3. The van der Waals surface area contributed by atoms with Gasteiger partial charge in [0.1, 0.15) is 5.82 Å². The summed E-state index contributed by atoms with van der Waals surface area (Å²) in [6, 6.07) is 5.19. The van der Waals surface area contributed by atoms with Gasteiger partial charge in [0, 0.05) is 19.2 Å². The summed E-state index contributed by atoms with van der Waals surface area (Å²) in [4.78, 5) is 1.97. The third kappa shape index (κ3) is 4.02. The smallest absolute Gasteiger partial charge is 0.138 e. The van der Waals surface area contributed by atoms with Crippen molar-refractivity contribution in [1.29, 1.82) is 5.26 Å². The van der Waals surface area contributed by atoms with E-state index in [9.17, 15) is 4.39 Å². The maximum atomic E-state index is 13.6. The Balaban J connectivity index is 3.04. The van der Waals surface area contributed by atoms with Crippen molar-refractivity contribution in [1.82, 2.24) is 0 Å². The molecule has 5 heteroatoms. The van der Waals surface area contributed by atoms with Crippen LogP contribution in [0.1, 0.15) is 20.3 Å². The SMILES string of the molecule is CC(C)CN(CCC#N)c1cc(F)c(I)cc1N. The van der Waals surface area contributed by atoms with E-state index in [2.05, 4.69) is 19.9 Å². The average Bonchev–Trinajstić information content (AvgIpc) is 2.29. The minimum atomic E-state index is -0.273. The molecule has 1 rings (SSSR count). The van der Waals surface area contributed by atoms with Crippen molar-refractivity contribution in [2.75, 3.05) is 23.7 Å². The highest BCUT2D eigenvalue weighted by Gasteiger charge is 2.14. The Hall–Kier alpha value is -1.03. The lowest BCUT2D eigenvalue weighted by Crippen LogP contribution is -2.29. The van der Waals surface area contributed by atoms with Crippen LogP contribution in [0, 0.1) is 26.6 Å². The molecule has 0 atom stereocenters. The van der Waals surface area contributed by atoms with Crippen molar-refractivity contribution in [2.24, 2.45) is 5.92 Å². The number of rotatable bonds is 5. The van der Waals surface area contributed by atoms with Gasteiger partial charge in [-0.05, 0) is 34.6 Å². The highest BCUT2D eigenvalue weighted by Crippen LogP contribution is 2.28. The Morgan fingerprint density at radius 3 is 2.72 bits per heavy atom. The Morgan fingerprint density at radius 2 is 2.17 bits per heavy atom. The van der Waals surface area contributed by atoms with Crippen LogP contribution in [-0.4, -0.2) is 13.1 Å². The van der Waals surface area contributed by atoms with E-state index >= 15 is 0 Å². The van der Waals surface area contributed by atoms with Crippen LogP contribution in [0.4, 0.5) is 15.8 Å². The molecule has 1 aromatic rings. The molecule has 0 unspecified atom stereocenters. The number of nitrogens with two attached hydrogens (primary N) is 1. The number of nitrogen functional groups attached to an aromatic ring is 1. The summed E-state index contributed by atoms with van der Waals surface area (Å²) in [5.41, 5.74) is 7.18. The van der Waals surface area contributed by atoms with Gasteiger partial charge >= 0.3 is 0 Å². The van der Waals surface area contributed by atoms with Gasteiger partial charge in [0.25, 0.3) is 0 Å². The van der Waals surface area contributed by atoms with Gasteiger partial charge in [-0.1, -0.05) is 13.8 Å². The summed E-state index contributed by atoms with van der Waals surface area (Å²) in [6.07, 6.45) is 0.403. The van der Waals surface area contributed by atoms with Crippen LogP contribution in [-0.2, 0) is 0 Å². The lowest BCUT2D eigenvalue weighted by Gasteiger charge is -2.27. The topological polar surface area (TPSA) is 53.0 Å². The van der Waals surface area contributed by atoms with Gasteiger partial charge in [-0.25, -0.2) is 4.39 Å². The molecule has 0 radical (unpaired) electrons. The minimum Gasteiger partial charge on any atom is -0.397 e. The first-order valence-corrected chi connectivity index (χ1v) is 6.90.